The Morgan fingerprint density at radius 3 is 2.43 bits per heavy atom. The molecule has 1 radical (unpaired) electrons. The summed E-state index contributed by atoms with van der Waals surface area (Å²) in [5.74, 6) is 0.933. The first kappa shape index (κ1) is 7.70. The Bertz CT molecular complexity index is 37.1. The maximum absolute atomic E-state index is 4.99. The van der Waals surface area contributed by atoms with Crippen LogP contribution in [-0.2, 0) is 0 Å². The molecular formula is C5H11S2. The molecule has 0 amide bonds. The maximum Gasteiger partial charge on any atom is 0.0156 e. The topological polar surface area (TPSA) is 0 Å². The molecule has 7 heavy (non-hydrogen) atoms. The molecule has 1 atom stereocenters. The lowest BCUT2D eigenvalue weighted by Gasteiger charge is -1.99. The molecule has 0 aromatic rings. The number of rotatable bonds is 3. The molecule has 0 aromatic carbocycles. The smallest absolute Gasteiger partial charge is 0.0156 e. The predicted molar refractivity (Wildman–Crippen MR) is 40.1 cm³/mol. The molecule has 0 nitrogen and oxygen atoms in total. The average molecular weight is 135 g/mol. The summed E-state index contributed by atoms with van der Waals surface area (Å²) in [5.41, 5.74) is 0. The minimum atomic E-state index is 0.456. The monoisotopic (exact) mass is 135 g/mol. The molecule has 0 aliphatic heterocycles. The van der Waals surface area contributed by atoms with E-state index in [4.69, 9.17) is 12.6 Å². The Kier molecular flexibility index (Phi) is 5.33. The molecule has 1 unspecified atom stereocenters. The Hall–Kier alpha value is 0.700. The molecule has 2 heteroatoms. The molecular weight excluding hydrogens is 124 g/mol. The summed E-state index contributed by atoms with van der Waals surface area (Å²) >= 11 is 9.04. The maximum atomic E-state index is 4.99. The van der Waals surface area contributed by atoms with E-state index in [1.54, 1.807) is 0 Å². The van der Waals surface area contributed by atoms with Crippen molar-refractivity contribution in [2.24, 2.45) is 0 Å². The van der Waals surface area contributed by atoms with Gasteiger partial charge < -0.3 is 0 Å². The van der Waals surface area contributed by atoms with Crippen molar-refractivity contribution < 1.29 is 0 Å². The van der Waals surface area contributed by atoms with Crippen molar-refractivity contribution >= 4 is 25.3 Å². The van der Waals surface area contributed by atoms with Crippen molar-refractivity contribution in [3.63, 3.8) is 0 Å². The van der Waals surface area contributed by atoms with E-state index in [2.05, 4.69) is 19.6 Å². The van der Waals surface area contributed by atoms with Crippen LogP contribution in [0.2, 0.25) is 0 Å². The van der Waals surface area contributed by atoms with E-state index >= 15 is 0 Å². The fraction of sp³-hybridized carbons (Fsp3) is 1.00. The Labute approximate surface area is 56.5 Å². The van der Waals surface area contributed by atoms with Crippen molar-refractivity contribution in [1.29, 1.82) is 0 Å². The molecule has 0 saturated carbocycles. The molecule has 0 aromatic heterocycles. The van der Waals surface area contributed by atoms with Gasteiger partial charge in [-0.2, -0.15) is 12.6 Å². The van der Waals surface area contributed by atoms with Gasteiger partial charge >= 0.3 is 0 Å². The van der Waals surface area contributed by atoms with Gasteiger partial charge in [-0.15, -0.1) is 0 Å². The van der Waals surface area contributed by atoms with Gasteiger partial charge in [-0.25, -0.2) is 0 Å². The van der Waals surface area contributed by atoms with Gasteiger partial charge in [0.1, 0.15) is 0 Å². The lowest BCUT2D eigenvalue weighted by Crippen LogP contribution is -1.95. The standard InChI is InChI=1S/C5H11S2/c1-2-5(7)3-4-6/h5-6H,2-4H2,1H3. The summed E-state index contributed by atoms with van der Waals surface area (Å²) in [5, 5.41) is 0.456. The van der Waals surface area contributed by atoms with Crippen molar-refractivity contribution in [2.75, 3.05) is 5.75 Å². The molecule has 0 aliphatic carbocycles. The fourth-order valence-corrected chi connectivity index (χ4v) is 0.952. The van der Waals surface area contributed by atoms with Gasteiger partial charge in [0.25, 0.3) is 0 Å². The summed E-state index contributed by atoms with van der Waals surface area (Å²) < 4.78 is 0. The van der Waals surface area contributed by atoms with Crippen molar-refractivity contribution in [3.8, 4) is 0 Å². The Morgan fingerprint density at radius 1 is 1.71 bits per heavy atom. The summed E-state index contributed by atoms with van der Waals surface area (Å²) in [6, 6.07) is 0. The molecule has 43 valence electrons. The number of hydrogen-bond acceptors (Lipinski definition) is 1. The first-order chi connectivity index (χ1) is 3.31. The molecule has 0 aliphatic rings. The fourth-order valence-electron chi connectivity index (χ4n) is 0.348. The van der Waals surface area contributed by atoms with Gasteiger partial charge in [0, 0.05) is 5.25 Å². The third-order valence-electron chi connectivity index (χ3n) is 0.906. The zero-order valence-corrected chi connectivity index (χ0v) is 6.27. The van der Waals surface area contributed by atoms with Crippen LogP contribution in [0.5, 0.6) is 0 Å². The molecule has 0 rings (SSSR count). The quantitative estimate of drug-likeness (QED) is 0.564. The highest BCUT2D eigenvalue weighted by Crippen LogP contribution is 2.05. The highest BCUT2D eigenvalue weighted by atomic mass is 32.1. The summed E-state index contributed by atoms with van der Waals surface area (Å²) in [4.78, 5) is 0. The first-order valence-electron chi connectivity index (χ1n) is 2.58. The number of hydrogen-bond donors (Lipinski definition) is 1. The SMILES string of the molecule is CCC([S])CCS. The van der Waals surface area contributed by atoms with Crippen LogP contribution in [0.3, 0.4) is 0 Å². The summed E-state index contributed by atoms with van der Waals surface area (Å²) in [6.07, 6.45) is 2.19. The van der Waals surface area contributed by atoms with Crippen LogP contribution >= 0.6 is 25.3 Å². The molecule has 0 N–H and O–H groups in total. The Balaban J connectivity index is 2.83. The van der Waals surface area contributed by atoms with Crippen molar-refractivity contribution in [2.45, 2.75) is 25.0 Å². The van der Waals surface area contributed by atoms with Gasteiger partial charge in [-0.3, -0.25) is 0 Å². The molecule has 0 fully saturated rings. The van der Waals surface area contributed by atoms with Crippen LogP contribution < -0.4 is 0 Å². The van der Waals surface area contributed by atoms with Crippen LogP contribution in [0.15, 0.2) is 0 Å². The van der Waals surface area contributed by atoms with Crippen LogP contribution in [0.25, 0.3) is 0 Å². The van der Waals surface area contributed by atoms with Crippen molar-refractivity contribution in [1.82, 2.24) is 0 Å². The minimum absolute atomic E-state index is 0.456. The zero-order valence-electron chi connectivity index (χ0n) is 4.55. The van der Waals surface area contributed by atoms with Crippen LogP contribution in [0, 0.1) is 0 Å². The van der Waals surface area contributed by atoms with E-state index in [0.29, 0.717) is 5.25 Å². The predicted octanol–water partition coefficient (Wildman–Crippen LogP) is 2.28. The average Bonchev–Trinajstić information content (AvgIpc) is 1.68. The third kappa shape index (κ3) is 4.56. The summed E-state index contributed by atoms with van der Waals surface area (Å²) in [6.45, 7) is 2.11. The van der Waals surface area contributed by atoms with E-state index in [1.165, 1.54) is 0 Å². The van der Waals surface area contributed by atoms with Gasteiger partial charge in [0.2, 0.25) is 0 Å². The van der Waals surface area contributed by atoms with E-state index in [9.17, 15) is 0 Å². The second-order valence-corrected chi connectivity index (χ2v) is 2.66. The molecule has 0 saturated heterocycles. The first-order valence-corrected chi connectivity index (χ1v) is 3.68. The van der Waals surface area contributed by atoms with E-state index in [-0.39, 0.29) is 0 Å². The van der Waals surface area contributed by atoms with Gasteiger partial charge in [-0.1, -0.05) is 19.6 Å². The third-order valence-corrected chi connectivity index (χ3v) is 1.73. The van der Waals surface area contributed by atoms with E-state index < -0.39 is 0 Å². The molecule has 0 spiro atoms. The normalized spacial score (nSPS) is 14.1. The lowest BCUT2D eigenvalue weighted by atomic mass is 10.3. The Morgan fingerprint density at radius 2 is 2.29 bits per heavy atom. The van der Waals surface area contributed by atoms with E-state index in [1.807, 2.05) is 0 Å². The van der Waals surface area contributed by atoms with Crippen LogP contribution in [0.1, 0.15) is 19.8 Å². The number of thiol groups is 1. The largest absolute Gasteiger partial charge is 0.179 e. The highest BCUT2D eigenvalue weighted by Gasteiger charge is 1.95. The second kappa shape index (κ2) is 4.85. The second-order valence-electron chi connectivity index (χ2n) is 1.54. The highest BCUT2D eigenvalue weighted by molar-refractivity contribution is 7.81. The van der Waals surface area contributed by atoms with Gasteiger partial charge in [0.05, 0.1) is 0 Å². The van der Waals surface area contributed by atoms with E-state index in [0.717, 1.165) is 18.6 Å². The lowest BCUT2D eigenvalue weighted by molar-refractivity contribution is 0.806. The van der Waals surface area contributed by atoms with Gasteiger partial charge in [0.15, 0.2) is 0 Å². The zero-order chi connectivity index (χ0) is 5.70. The molecule has 0 heterocycles. The van der Waals surface area contributed by atoms with Gasteiger partial charge in [-0.05, 0) is 18.6 Å². The van der Waals surface area contributed by atoms with Crippen LogP contribution in [0.4, 0.5) is 0 Å². The summed E-state index contributed by atoms with van der Waals surface area (Å²) in [7, 11) is 0. The van der Waals surface area contributed by atoms with Crippen LogP contribution in [-0.4, -0.2) is 11.0 Å². The minimum Gasteiger partial charge on any atom is -0.179 e. The molecule has 0 bridgehead atoms. The van der Waals surface area contributed by atoms with Crippen molar-refractivity contribution in [3.05, 3.63) is 0 Å².